The molecule has 0 aliphatic heterocycles. The van der Waals surface area contributed by atoms with Gasteiger partial charge in [-0.25, -0.2) is 0 Å². The molecule has 0 fully saturated rings. The Morgan fingerprint density at radius 1 is 1.29 bits per heavy atom. The second-order valence-corrected chi connectivity index (χ2v) is 4.39. The van der Waals surface area contributed by atoms with Crippen LogP contribution in [0.4, 0.5) is 0 Å². The molecule has 90 valence electrons. The predicted octanol–water partition coefficient (Wildman–Crippen LogP) is 3.34. The Bertz CT molecular complexity index is 482. The van der Waals surface area contributed by atoms with Gasteiger partial charge in [0.1, 0.15) is 0 Å². The van der Waals surface area contributed by atoms with Gasteiger partial charge in [-0.15, -0.1) is 11.6 Å². The van der Waals surface area contributed by atoms with E-state index in [1.165, 1.54) is 0 Å². The van der Waals surface area contributed by atoms with Gasteiger partial charge in [0.15, 0.2) is 5.76 Å². The van der Waals surface area contributed by atoms with Crippen molar-refractivity contribution in [2.75, 3.05) is 0 Å². The van der Waals surface area contributed by atoms with Crippen LogP contribution in [0.5, 0.6) is 0 Å². The van der Waals surface area contributed by atoms with Crippen molar-refractivity contribution in [3.05, 3.63) is 52.4 Å². The number of hydrogen-bond acceptors (Lipinski definition) is 3. The summed E-state index contributed by atoms with van der Waals surface area (Å²) in [5, 5.41) is 14.5. The van der Waals surface area contributed by atoms with E-state index in [9.17, 15) is 5.11 Å². The van der Waals surface area contributed by atoms with Gasteiger partial charge >= 0.3 is 0 Å². The van der Waals surface area contributed by atoms with Crippen molar-refractivity contribution in [1.82, 2.24) is 5.16 Å². The number of hydrogen-bond donors (Lipinski definition) is 1. The summed E-state index contributed by atoms with van der Waals surface area (Å²) in [7, 11) is 0. The van der Waals surface area contributed by atoms with Crippen LogP contribution in [0.2, 0.25) is 5.02 Å². The van der Waals surface area contributed by atoms with E-state index in [2.05, 4.69) is 5.16 Å². The molecule has 0 saturated heterocycles. The zero-order valence-corrected chi connectivity index (χ0v) is 10.4. The maximum Gasteiger partial charge on any atom is 0.151 e. The number of nitrogens with zero attached hydrogens (tertiary/aromatic N) is 1. The molecule has 0 aliphatic carbocycles. The lowest BCUT2D eigenvalue weighted by Gasteiger charge is -2.08. The fraction of sp³-hybridized carbons (Fsp3) is 0.250. The van der Waals surface area contributed by atoms with E-state index in [-0.39, 0.29) is 5.88 Å². The maximum atomic E-state index is 9.99. The molecular formula is C12H11Cl2NO2. The molecule has 1 aromatic heterocycles. The number of benzene rings is 1. The SMILES string of the molecule is O[C@@H](Cc1cc(CCl)on1)c1ccc(Cl)cc1. The molecule has 0 spiro atoms. The molecule has 17 heavy (non-hydrogen) atoms. The Balaban J connectivity index is 2.05. The van der Waals surface area contributed by atoms with Gasteiger partial charge in [0.05, 0.1) is 17.7 Å². The van der Waals surface area contributed by atoms with Crippen molar-refractivity contribution in [2.24, 2.45) is 0 Å². The molecule has 0 bridgehead atoms. The van der Waals surface area contributed by atoms with Crippen molar-refractivity contribution in [2.45, 2.75) is 18.4 Å². The monoisotopic (exact) mass is 271 g/mol. The van der Waals surface area contributed by atoms with Crippen molar-refractivity contribution in [3.8, 4) is 0 Å². The summed E-state index contributed by atoms with van der Waals surface area (Å²) in [6.07, 6.45) is -0.234. The average molecular weight is 272 g/mol. The van der Waals surface area contributed by atoms with E-state index in [1.54, 1.807) is 30.3 Å². The van der Waals surface area contributed by atoms with Gasteiger partial charge in [-0.2, -0.15) is 0 Å². The highest BCUT2D eigenvalue weighted by molar-refractivity contribution is 6.30. The first-order valence-corrected chi connectivity index (χ1v) is 6.04. The lowest BCUT2D eigenvalue weighted by molar-refractivity contribution is 0.175. The fourth-order valence-electron chi connectivity index (χ4n) is 1.52. The molecule has 3 nitrogen and oxygen atoms in total. The van der Waals surface area contributed by atoms with Gasteiger partial charge < -0.3 is 9.63 Å². The lowest BCUT2D eigenvalue weighted by Crippen LogP contribution is -2.01. The van der Waals surface area contributed by atoms with Crippen LogP contribution in [-0.4, -0.2) is 10.3 Å². The van der Waals surface area contributed by atoms with Crippen LogP contribution in [0.25, 0.3) is 0 Å². The quantitative estimate of drug-likeness (QED) is 0.868. The molecule has 1 aromatic carbocycles. The van der Waals surface area contributed by atoms with Crippen LogP contribution >= 0.6 is 23.2 Å². The summed E-state index contributed by atoms with van der Waals surface area (Å²) >= 11 is 11.4. The Kier molecular flexibility index (Phi) is 4.05. The highest BCUT2D eigenvalue weighted by Crippen LogP contribution is 2.20. The Labute approximate surface area is 109 Å². The second-order valence-electron chi connectivity index (χ2n) is 3.69. The van der Waals surface area contributed by atoms with Crippen molar-refractivity contribution in [1.29, 1.82) is 0 Å². The Hall–Kier alpha value is -1.03. The largest absolute Gasteiger partial charge is 0.388 e. The van der Waals surface area contributed by atoms with E-state index in [1.807, 2.05) is 0 Å². The third-order valence-corrected chi connectivity index (χ3v) is 2.91. The second kappa shape index (κ2) is 5.54. The molecular weight excluding hydrogens is 261 g/mol. The summed E-state index contributed by atoms with van der Waals surface area (Å²) < 4.78 is 4.96. The Morgan fingerprint density at radius 3 is 2.59 bits per heavy atom. The van der Waals surface area contributed by atoms with Crippen molar-refractivity contribution in [3.63, 3.8) is 0 Å². The number of aliphatic hydroxyl groups is 1. The van der Waals surface area contributed by atoms with Crippen molar-refractivity contribution < 1.29 is 9.63 Å². The van der Waals surface area contributed by atoms with Crippen LogP contribution in [0.1, 0.15) is 23.1 Å². The summed E-state index contributed by atoms with van der Waals surface area (Å²) in [6.45, 7) is 0. The fourth-order valence-corrected chi connectivity index (χ4v) is 1.77. The van der Waals surface area contributed by atoms with Crippen molar-refractivity contribution >= 4 is 23.2 Å². The van der Waals surface area contributed by atoms with Crippen LogP contribution in [0.3, 0.4) is 0 Å². The minimum atomic E-state index is -0.624. The molecule has 5 heteroatoms. The minimum absolute atomic E-state index is 0.282. The van der Waals surface area contributed by atoms with Gasteiger partial charge in [-0.3, -0.25) is 0 Å². The predicted molar refractivity (Wildman–Crippen MR) is 66.2 cm³/mol. The average Bonchev–Trinajstić information content (AvgIpc) is 2.77. The summed E-state index contributed by atoms with van der Waals surface area (Å²) in [6, 6.07) is 8.80. The highest BCUT2D eigenvalue weighted by Gasteiger charge is 2.12. The van der Waals surface area contributed by atoms with Gasteiger partial charge in [-0.1, -0.05) is 28.9 Å². The van der Waals surface area contributed by atoms with E-state index in [0.717, 1.165) is 5.56 Å². The first-order valence-electron chi connectivity index (χ1n) is 5.13. The zero-order valence-electron chi connectivity index (χ0n) is 8.94. The lowest BCUT2D eigenvalue weighted by atomic mass is 10.1. The highest BCUT2D eigenvalue weighted by atomic mass is 35.5. The minimum Gasteiger partial charge on any atom is -0.388 e. The molecule has 1 heterocycles. The molecule has 0 saturated carbocycles. The summed E-state index contributed by atoms with van der Waals surface area (Å²) in [5.41, 5.74) is 1.48. The third-order valence-electron chi connectivity index (χ3n) is 2.40. The number of rotatable bonds is 4. The number of halogens is 2. The number of aliphatic hydroxyl groups excluding tert-OH is 1. The molecule has 0 unspecified atom stereocenters. The van der Waals surface area contributed by atoms with Gasteiger partial charge in [0.2, 0.25) is 0 Å². The molecule has 0 aliphatic rings. The number of alkyl halides is 1. The molecule has 1 atom stereocenters. The molecule has 2 aromatic rings. The summed E-state index contributed by atoms with van der Waals surface area (Å²) in [4.78, 5) is 0. The molecule has 0 radical (unpaired) electrons. The van der Waals surface area contributed by atoms with Crippen LogP contribution in [-0.2, 0) is 12.3 Å². The van der Waals surface area contributed by atoms with Crippen LogP contribution in [0, 0.1) is 0 Å². The van der Waals surface area contributed by atoms with E-state index >= 15 is 0 Å². The van der Waals surface area contributed by atoms with Crippen LogP contribution < -0.4 is 0 Å². The smallest absolute Gasteiger partial charge is 0.151 e. The van der Waals surface area contributed by atoms with Crippen LogP contribution in [0.15, 0.2) is 34.9 Å². The van der Waals surface area contributed by atoms with Gasteiger partial charge in [0.25, 0.3) is 0 Å². The van der Waals surface area contributed by atoms with Gasteiger partial charge in [0, 0.05) is 17.5 Å². The third kappa shape index (κ3) is 3.22. The number of aromatic nitrogens is 1. The Morgan fingerprint density at radius 2 is 2.00 bits per heavy atom. The summed E-state index contributed by atoms with van der Waals surface area (Å²) in [5.74, 6) is 0.884. The molecule has 2 rings (SSSR count). The zero-order chi connectivity index (χ0) is 12.3. The topological polar surface area (TPSA) is 46.3 Å². The first-order chi connectivity index (χ1) is 8.19. The maximum absolute atomic E-state index is 9.99. The van der Waals surface area contributed by atoms with E-state index in [0.29, 0.717) is 22.9 Å². The standard InChI is InChI=1S/C12H11Cl2NO2/c13-7-11-5-10(15-17-11)6-12(16)8-1-3-9(14)4-2-8/h1-5,12,16H,6-7H2/t12-/m0/s1. The molecule has 1 N–H and O–H groups in total. The first kappa shape index (κ1) is 12.4. The van der Waals surface area contributed by atoms with Gasteiger partial charge in [-0.05, 0) is 17.7 Å². The van der Waals surface area contributed by atoms with E-state index in [4.69, 9.17) is 27.7 Å². The molecule has 0 amide bonds. The van der Waals surface area contributed by atoms with E-state index < -0.39 is 6.10 Å². The normalized spacial score (nSPS) is 12.6.